The highest BCUT2D eigenvalue weighted by atomic mass is 19.4. The topological polar surface area (TPSA) is 26.5 Å². The Morgan fingerprint density at radius 3 is 2.59 bits per heavy atom. The molecule has 0 aliphatic rings. The molecule has 114 valence electrons. The van der Waals surface area contributed by atoms with Crippen LogP contribution in [0.4, 0.5) is 13.2 Å². The van der Waals surface area contributed by atoms with Gasteiger partial charge in [0.05, 0.1) is 18.4 Å². The first-order valence-corrected chi connectivity index (χ1v) is 6.65. The van der Waals surface area contributed by atoms with E-state index in [9.17, 15) is 13.2 Å². The van der Waals surface area contributed by atoms with E-state index in [1.807, 2.05) is 0 Å². The Labute approximate surface area is 125 Å². The number of pyridine rings is 1. The van der Waals surface area contributed by atoms with Crippen molar-refractivity contribution < 1.29 is 17.9 Å². The molecular formula is C16H13F3N2O. The van der Waals surface area contributed by atoms with Crippen LogP contribution in [0.1, 0.15) is 16.8 Å². The lowest BCUT2D eigenvalue weighted by atomic mass is 10.0. The zero-order chi connectivity index (χ0) is 15.7. The lowest BCUT2D eigenvalue weighted by Crippen LogP contribution is -2.09. The van der Waals surface area contributed by atoms with Gasteiger partial charge in [0.15, 0.2) is 5.88 Å². The standard InChI is InChI=1S/C16H13F3N2O/c1-22-15-8-4-7-14-20-12(10-21(14)15)9-11-5-2-3-6-13(11)16(17,18)19/h2-8,10H,9H2,1H3. The summed E-state index contributed by atoms with van der Waals surface area (Å²) < 4.78 is 46.0. The molecule has 3 nitrogen and oxygen atoms in total. The van der Waals surface area contributed by atoms with Crippen LogP contribution in [0.2, 0.25) is 0 Å². The molecule has 6 heteroatoms. The van der Waals surface area contributed by atoms with E-state index < -0.39 is 11.7 Å². The third kappa shape index (κ3) is 2.64. The first-order chi connectivity index (χ1) is 10.5. The van der Waals surface area contributed by atoms with Gasteiger partial charge in [-0.1, -0.05) is 24.3 Å². The summed E-state index contributed by atoms with van der Waals surface area (Å²) in [7, 11) is 1.54. The summed E-state index contributed by atoms with van der Waals surface area (Å²) in [5, 5.41) is 0. The lowest BCUT2D eigenvalue weighted by molar-refractivity contribution is -0.138. The third-order valence-corrected chi connectivity index (χ3v) is 3.41. The van der Waals surface area contributed by atoms with Crippen LogP contribution >= 0.6 is 0 Å². The molecule has 0 atom stereocenters. The first kappa shape index (κ1) is 14.4. The van der Waals surface area contributed by atoms with Gasteiger partial charge in [-0.2, -0.15) is 13.2 Å². The number of benzene rings is 1. The first-order valence-electron chi connectivity index (χ1n) is 6.65. The summed E-state index contributed by atoms with van der Waals surface area (Å²) >= 11 is 0. The Bertz CT molecular complexity index is 809. The minimum Gasteiger partial charge on any atom is -0.482 e. The summed E-state index contributed by atoms with van der Waals surface area (Å²) in [4.78, 5) is 4.36. The van der Waals surface area contributed by atoms with Crippen LogP contribution < -0.4 is 4.74 Å². The molecular weight excluding hydrogens is 293 g/mol. The predicted molar refractivity (Wildman–Crippen MR) is 76.0 cm³/mol. The highest BCUT2D eigenvalue weighted by Gasteiger charge is 2.32. The van der Waals surface area contributed by atoms with Crippen LogP contribution in [0.5, 0.6) is 5.88 Å². The van der Waals surface area contributed by atoms with E-state index in [-0.39, 0.29) is 12.0 Å². The van der Waals surface area contributed by atoms with Gasteiger partial charge in [-0.05, 0) is 23.8 Å². The van der Waals surface area contributed by atoms with Gasteiger partial charge < -0.3 is 4.74 Å². The molecule has 0 unspecified atom stereocenters. The molecule has 0 saturated carbocycles. The van der Waals surface area contributed by atoms with Crippen molar-refractivity contribution in [2.75, 3.05) is 7.11 Å². The number of hydrogen-bond acceptors (Lipinski definition) is 2. The summed E-state index contributed by atoms with van der Waals surface area (Å²) in [6, 6.07) is 10.9. The van der Waals surface area contributed by atoms with Crippen LogP contribution in [-0.2, 0) is 12.6 Å². The Morgan fingerprint density at radius 1 is 1.09 bits per heavy atom. The Kier molecular flexibility index (Phi) is 3.52. The van der Waals surface area contributed by atoms with Gasteiger partial charge in [-0.25, -0.2) is 4.98 Å². The molecule has 0 spiro atoms. The molecule has 0 fully saturated rings. The normalized spacial score (nSPS) is 11.8. The quantitative estimate of drug-likeness (QED) is 0.732. The molecule has 3 rings (SSSR count). The molecule has 0 bridgehead atoms. The second kappa shape index (κ2) is 5.36. The average Bonchev–Trinajstić information content (AvgIpc) is 2.88. The Balaban J connectivity index is 2.01. The monoisotopic (exact) mass is 306 g/mol. The smallest absolute Gasteiger partial charge is 0.416 e. The maximum absolute atomic E-state index is 13.0. The maximum atomic E-state index is 13.0. The molecule has 3 aromatic rings. The largest absolute Gasteiger partial charge is 0.482 e. The summed E-state index contributed by atoms with van der Waals surface area (Å²) in [6.07, 6.45) is -2.56. The van der Waals surface area contributed by atoms with Crippen LogP contribution in [0.15, 0.2) is 48.7 Å². The second-order valence-corrected chi connectivity index (χ2v) is 4.86. The molecule has 0 amide bonds. The van der Waals surface area contributed by atoms with Crippen molar-refractivity contribution in [3.05, 3.63) is 65.5 Å². The van der Waals surface area contributed by atoms with E-state index in [4.69, 9.17) is 4.74 Å². The van der Waals surface area contributed by atoms with Gasteiger partial charge in [-0.15, -0.1) is 0 Å². The Hall–Kier alpha value is -2.50. The number of halogens is 3. The number of aromatic nitrogens is 2. The fourth-order valence-electron chi connectivity index (χ4n) is 2.43. The van der Waals surface area contributed by atoms with Gasteiger partial charge in [0, 0.05) is 12.6 Å². The van der Waals surface area contributed by atoms with Gasteiger partial charge in [-0.3, -0.25) is 4.40 Å². The third-order valence-electron chi connectivity index (χ3n) is 3.41. The zero-order valence-corrected chi connectivity index (χ0v) is 11.8. The number of rotatable bonds is 3. The fraction of sp³-hybridized carbons (Fsp3) is 0.188. The minimum absolute atomic E-state index is 0.112. The van der Waals surface area contributed by atoms with Gasteiger partial charge in [0.1, 0.15) is 5.65 Å². The van der Waals surface area contributed by atoms with Crippen LogP contribution in [0.25, 0.3) is 5.65 Å². The van der Waals surface area contributed by atoms with E-state index in [0.29, 0.717) is 17.2 Å². The number of nitrogens with zero attached hydrogens (tertiary/aromatic N) is 2. The predicted octanol–water partition coefficient (Wildman–Crippen LogP) is 3.95. The summed E-state index contributed by atoms with van der Waals surface area (Å²) in [5.74, 6) is 0.584. The Morgan fingerprint density at radius 2 is 1.86 bits per heavy atom. The minimum atomic E-state index is -4.37. The number of alkyl halides is 3. The van der Waals surface area contributed by atoms with Crippen molar-refractivity contribution in [3.63, 3.8) is 0 Å². The SMILES string of the molecule is COc1cccc2nc(Cc3ccccc3C(F)(F)F)cn12. The average molecular weight is 306 g/mol. The molecule has 2 aromatic heterocycles. The summed E-state index contributed by atoms with van der Waals surface area (Å²) in [6.45, 7) is 0. The molecule has 1 aromatic carbocycles. The van der Waals surface area contributed by atoms with Crippen molar-refractivity contribution in [3.8, 4) is 5.88 Å². The summed E-state index contributed by atoms with van der Waals surface area (Å²) in [5.41, 5.74) is 0.774. The van der Waals surface area contributed by atoms with Gasteiger partial charge >= 0.3 is 6.18 Å². The second-order valence-electron chi connectivity index (χ2n) is 4.86. The zero-order valence-electron chi connectivity index (χ0n) is 11.8. The van der Waals surface area contributed by atoms with Gasteiger partial charge in [0.25, 0.3) is 0 Å². The molecule has 0 saturated heterocycles. The molecule has 0 aliphatic carbocycles. The van der Waals surface area contributed by atoms with E-state index in [0.717, 1.165) is 6.07 Å². The maximum Gasteiger partial charge on any atom is 0.416 e. The van der Waals surface area contributed by atoms with Crippen LogP contribution in [-0.4, -0.2) is 16.5 Å². The van der Waals surface area contributed by atoms with Crippen molar-refractivity contribution in [2.45, 2.75) is 12.6 Å². The number of ether oxygens (including phenoxy) is 1. The van der Waals surface area contributed by atoms with E-state index in [2.05, 4.69) is 4.98 Å². The highest BCUT2D eigenvalue weighted by Crippen LogP contribution is 2.32. The van der Waals surface area contributed by atoms with Crippen molar-refractivity contribution >= 4 is 5.65 Å². The highest BCUT2D eigenvalue weighted by molar-refractivity contribution is 5.45. The fourth-order valence-corrected chi connectivity index (χ4v) is 2.43. The van der Waals surface area contributed by atoms with E-state index in [1.54, 1.807) is 34.9 Å². The van der Waals surface area contributed by atoms with Crippen LogP contribution in [0, 0.1) is 0 Å². The molecule has 0 N–H and O–H groups in total. The van der Waals surface area contributed by atoms with Crippen molar-refractivity contribution in [1.29, 1.82) is 0 Å². The van der Waals surface area contributed by atoms with E-state index >= 15 is 0 Å². The molecule has 0 radical (unpaired) electrons. The van der Waals surface area contributed by atoms with E-state index in [1.165, 1.54) is 19.2 Å². The van der Waals surface area contributed by atoms with Crippen molar-refractivity contribution in [2.24, 2.45) is 0 Å². The number of imidazole rings is 1. The molecule has 2 heterocycles. The number of hydrogen-bond donors (Lipinski definition) is 0. The van der Waals surface area contributed by atoms with Gasteiger partial charge in [0.2, 0.25) is 0 Å². The van der Waals surface area contributed by atoms with Crippen LogP contribution in [0.3, 0.4) is 0 Å². The molecule has 0 aliphatic heterocycles. The number of fused-ring (bicyclic) bond motifs is 1. The molecule has 22 heavy (non-hydrogen) atoms. The lowest BCUT2D eigenvalue weighted by Gasteiger charge is -2.11. The number of methoxy groups -OCH3 is 1. The van der Waals surface area contributed by atoms with Crippen molar-refractivity contribution in [1.82, 2.24) is 9.38 Å².